The van der Waals surface area contributed by atoms with Crippen LogP contribution >= 0.6 is 0 Å². The average Bonchev–Trinajstić information content (AvgIpc) is 3.29. The molecule has 29 heavy (non-hydrogen) atoms. The lowest BCUT2D eigenvalue weighted by Crippen LogP contribution is -2.16. The number of aromatic amines is 1. The van der Waals surface area contributed by atoms with E-state index in [9.17, 15) is 18.5 Å². The third-order valence-corrected chi connectivity index (χ3v) is 7.55. The van der Waals surface area contributed by atoms with Crippen LogP contribution in [0.3, 0.4) is 0 Å². The molecule has 4 rings (SSSR count). The highest BCUT2D eigenvalue weighted by molar-refractivity contribution is 7.91. The minimum atomic E-state index is -3.63. The first kappa shape index (κ1) is 19.4. The molecule has 0 unspecified atom stereocenters. The van der Waals surface area contributed by atoms with Crippen LogP contribution < -0.4 is 5.56 Å². The Morgan fingerprint density at radius 1 is 1.24 bits per heavy atom. The van der Waals surface area contributed by atoms with E-state index < -0.39 is 15.4 Å². The van der Waals surface area contributed by atoms with Gasteiger partial charge in [0.05, 0.1) is 21.9 Å². The molecule has 0 spiro atoms. The van der Waals surface area contributed by atoms with Gasteiger partial charge in [0.1, 0.15) is 17.4 Å². The van der Waals surface area contributed by atoms with Gasteiger partial charge in [-0.25, -0.2) is 8.42 Å². The molecule has 8 heteroatoms. The van der Waals surface area contributed by atoms with Crippen molar-refractivity contribution < 1.29 is 12.9 Å². The van der Waals surface area contributed by atoms with Crippen LogP contribution in [0.25, 0.3) is 22.0 Å². The van der Waals surface area contributed by atoms with Gasteiger partial charge >= 0.3 is 0 Å². The average molecular weight is 411 g/mol. The van der Waals surface area contributed by atoms with Gasteiger partial charge in [0.25, 0.3) is 5.56 Å². The molecule has 1 fully saturated rings. The van der Waals surface area contributed by atoms with Crippen molar-refractivity contribution in [3.63, 3.8) is 0 Å². The summed E-state index contributed by atoms with van der Waals surface area (Å²) in [6.07, 6.45) is 3.90. The predicted molar refractivity (Wildman–Crippen MR) is 108 cm³/mol. The number of rotatable bonds is 4. The molecule has 3 aromatic rings. The van der Waals surface area contributed by atoms with Crippen molar-refractivity contribution in [2.45, 2.75) is 44.4 Å². The summed E-state index contributed by atoms with van der Waals surface area (Å²) < 4.78 is 32.0. The first-order valence-corrected chi connectivity index (χ1v) is 11.2. The summed E-state index contributed by atoms with van der Waals surface area (Å²) in [5.41, 5.74) is 1.66. The van der Waals surface area contributed by atoms with Crippen LogP contribution in [0.15, 0.2) is 32.4 Å². The number of aryl methyl sites for hydroxylation is 2. The largest absolute Gasteiger partial charge is 0.361 e. The molecule has 0 radical (unpaired) electrons. The molecule has 0 bridgehead atoms. The molecule has 1 N–H and O–H groups in total. The summed E-state index contributed by atoms with van der Waals surface area (Å²) in [5, 5.41) is 13.5. The Morgan fingerprint density at radius 3 is 2.59 bits per heavy atom. The Labute approximate surface area is 168 Å². The molecule has 0 saturated heterocycles. The number of aromatic nitrogens is 2. The molecular formula is C21H21N3O4S. The van der Waals surface area contributed by atoms with E-state index in [0.29, 0.717) is 33.5 Å². The van der Waals surface area contributed by atoms with Crippen LogP contribution in [-0.2, 0) is 9.84 Å². The highest BCUT2D eigenvalue weighted by Crippen LogP contribution is 2.35. The number of fused-ring (bicyclic) bond motifs is 1. The Hall–Kier alpha value is -2.92. The summed E-state index contributed by atoms with van der Waals surface area (Å²) in [4.78, 5) is 15.0. The number of H-pyrrole nitrogens is 1. The summed E-state index contributed by atoms with van der Waals surface area (Å²) in [7, 11) is -3.63. The highest BCUT2D eigenvalue weighted by Gasteiger charge is 2.27. The summed E-state index contributed by atoms with van der Waals surface area (Å²) in [6, 6.07) is 6.52. The number of hydrogen-bond acceptors (Lipinski definition) is 6. The minimum absolute atomic E-state index is 0.0637. The van der Waals surface area contributed by atoms with Crippen LogP contribution in [0.2, 0.25) is 0 Å². The van der Waals surface area contributed by atoms with Gasteiger partial charge in [-0.15, -0.1) is 0 Å². The maximum absolute atomic E-state index is 13.4. The molecule has 1 aliphatic rings. The van der Waals surface area contributed by atoms with Crippen molar-refractivity contribution in [1.82, 2.24) is 10.1 Å². The summed E-state index contributed by atoms with van der Waals surface area (Å²) in [5.74, 6) is 0.765. The molecule has 2 aromatic heterocycles. The second-order valence-corrected chi connectivity index (χ2v) is 9.69. The summed E-state index contributed by atoms with van der Waals surface area (Å²) >= 11 is 0. The zero-order valence-corrected chi connectivity index (χ0v) is 17.1. The Morgan fingerprint density at radius 2 is 1.97 bits per heavy atom. The Balaban J connectivity index is 1.99. The number of hydrogen-bond donors (Lipinski definition) is 1. The number of nitriles is 1. The number of nitrogens with zero attached hydrogens (tertiary/aromatic N) is 2. The van der Waals surface area contributed by atoms with Crippen molar-refractivity contribution in [3.05, 3.63) is 45.6 Å². The molecule has 1 saturated carbocycles. The zero-order chi connectivity index (χ0) is 20.8. The van der Waals surface area contributed by atoms with Gasteiger partial charge in [0, 0.05) is 10.9 Å². The van der Waals surface area contributed by atoms with Gasteiger partial charge in [-0.1, -0.05) is 18.0 Å². The third kappa shape index (κ3) is 3.47. The van der Waals surface area contributed by atoms with Crippen LogP contribution in [0.5, 0.6) is 0 Å². The third-order valence-electron chi connectivity index (χ3n) is 5.63. The molecule has 150 valence electrons. The lowest BCUT2D eigenvalue weighted by atomic mass is 10.0. The van der Waals surface area contributed by atoms with Crippen LogP contribution in [0.4, 0.5) is 0 Å². The van der Waals surface area contributed by atoms with Crippen molar-refractivity contribution in [1.29, 1.82) is 5.26 Å². The summed E-state index contributed by atoms with van der Waals surface area (Å²) in [6.45, 7) is 3.54. The van der Waals surface area contributed by atoms with Gasteiger partial charge in [0.2, 0.25) is 0 Å². The number of pyridine rings is 1. The van der Waals surface area contributed by atoms with E-state index in [1.807, 2.05) is 6.07 Å². The molecule has 1 aromatic carbocycles. The molecule has 1 aliphatic carbocycles. The fraction of sp³-hybridized carbons (Fsp3) is 0.381. The molecule has 0 aliphatic heterocycles. The Bertz CT molecular complexity index is 1290. The first-order chi connectivity index (χ1) is 13.8. The van der Waals surface area contributed by atoms with E-state index in [1.165, 1.54) is 6.07 Å². The fourth-order valence-electron chi connectivity index (χ4n) is 4.24. The van der Waals surface area contributed by atoms with Crippen molar-refractivity contribution in [3.8, 4) is 17.2 Å². The van der Waals surface area contributed by atoms with Gasteiger partial charge in [-0.05, 0) is 56.4 Å². The maximum atomic E-state index is 13.4. The number of nitrogens with one attached hydrogen (secondary N) is 1. The van der Waals surface area contributed by atoms with Gasteiger partial charge < -0.3 is 9.51 Å². The van der Waals surface area contributed by atoms with E-state index in [0.717, 1.165) is 25.7 Å². The maximum Gasteiger partial charge on any atom is 0.266 e. The van der Waals surface area contributed by atoms with E-state index in [2.05, 4.69) is 10.1 Å². The van der Waals surface area contributed by atoms with Crippen LogP contribution in [0.1, 0.15) is 42.7 Å². The van der Waals surface area contributed by atoms with Gasteiger partial charge in [0.15, 0.2) is 9.84 Å². The van der Waals surface area contributed by atoms with E-state index >= 15 is 0 Å². The van der Waals surface area contributed by atoms with E-state index in [4.69, 9.17) is 4.52 Å². The SMILES string of the molecule is Cc1noc(C)c1-c1cc(S(=O)(=O)CC2CCCC2)c2cc(C#N)c(=O)[nH]c2c1. The van der Waals surface area contributed by atoms with E-state index in [1.54, 1.807) is 26.0 Å². The quantitative estimate of drug-likeness (QED) is 0.700. The standard InChI is InChI=1S/C21H21N3O4S/c1-12-20(13(2)28-24-12)15-8-18-17(7-16(10-22)21(25)23-18)19(9-15)29(26,27)11-14-5-3-4-6-14/h7-9,14H,3-6,11H2,1-2H3,(H,23,25). The molecule has 0 amide bonds. The fourth-order valence-corrected chi connectivity index (χ4v) is 6.18. The molecule has 2 heterocycles. The second-order valence-electron chi connectivity index (χ2n) is 7.69. The lowest BCUT2D eigenvalue weighted by Gasteiger charge is -2.14. The van der Waals surface area contributed by atoms with Crippen LogP contribution in [-0.4, -0.2) is 24.3 Å². The van der Waals surface area contributed by atoms with Crippen molar-refractivity contribution >= 4 is 20.7 Å². The van der Waals surface area contributed by atoms with Crippen molar-refractivity contribution in [2.24, 2.45) is 5.92 Å². The highest BCUT2D eigenvalue weighted by atomic mass is 32.2. The zero-order valence-electron chi connectivity index (χ0n) is 16.3. The van der Waals surface area contributed by atoms with Gasteiger partial charge in [-0.2, -0.15) is 5.26 Å². The monoisotopic (exact) mass is 411 g/mol. The number of benzene rings is 1. The normalized spacial score (nSPS) is 15.1. The second kappa shape index (κ2) is 7.16. The molecule has 0 atom stereocenters. The van der Waals surface area contributed by atoms with E-state index in [-0.39, 0.29) is 22.1 Å². The minimum Gasteiger partial charge on any atom is -0.361 e. The molecular weight excluding hydrogens is 390 g/mol. The predicted octanol–water partition coefficient (Wildman–Crippen LogP) is 3.64. The lowest BCUT2D eigenvalue weighted by molar-refractivity contribution is 0.393. The Kier molecular flexibility index (Phi) is 4.79. The van der Waals surface area contributed by atoms with Crippen LogP contribution in [0, 0.1) is 31.1 Å². The topological polar surface area (TPSA) is 117 Å². The van der Waals surface area contributed by atoms with Gasteiger partial charge in [-0.3, -0.25) is 4.79 Å². The smallest absolute Gasteiger partial charge is 0.266 e. The first-order valence-electron chi connectivity index (χ1n) is 9.57. The van der Waals surface area contributed by atoms with Crippen molar-refractivity contribution in [2.75, 3.05) is 5.75 Å². The molecule has 7 nitrogen and oxygen atoms in total. The number of sulfone groups is 1.